The van der Waals surface area contributed by atoms with Gasteiger partial charge in [0.2, 0.25) is 0 Å². The summed E-state index contributed by atoms with van der Waals surface area (Å²) in [5.41, 5.74) is 8.01. The van der Waals surface area contributed by atoms with Crippen molar-refractivity contribution in [2.75, 3.05) is 0 Å². The Labute approximate surface area is 378 Å². The van der Waals surface area contributed by atoms with Crippen LogP contribution in [0.2, 0.25) is 0 Å². The van der Waals surface area contributed by atoms with Crippen LogP contribution in [0.1, 0.15) is 65.4 Å². The van der Waals surface area contributed by atoms with Crippen molar-refractivity contribution in [3.8, 4) is 6.07 Å². The van der Waals surface area contributed by atoms with Gasteiger partial charge in [-0.1, -0.05) is 49.1 Å². The van der Waals surface area contributed by atoms with Crippen LogP contribution in [-0.4, -0.2) is 23.1 Å². The molecule has 0 spiro atoms. The van der Waals surface area contributed by atoms with Crippen molar-refractivity contribution >= 4 is 28.8 Å². The molecule has 47 heavy (non-hydrogen) atoms. The van der Waals surface area contributed by atoms with Crippen LogP contribution in [0.4, 0.5) is 13.2 Å². The Morgan fingerprint density at radius 3 is 1.51 bits per heavy atom. The molecular weight excluding hydrogens is 1060 g/mol. The van der Waals surface area contributed by atoms with Gasteiger partial charge < -0.3 is 27.0 Å². The summed E-state index contributed by atoms with van der Waals surface area (Å²) in [4.78, 5) is 42.0. The Morgan fingerprint density at radius 1 is 0.809 bits per heavy atom. The molecule has 3 aromatic rings. The average molecular weight is 1090 g/mol. The van der Waals surface area contributed by atoms with Crippen LogP contribution in [0.15, 0.2) is 42.5 Å². The summed E-state index contributed by atoms with van der Waals surface area (Å²) in [6.07, 6.45) is 1.06. The maximum Gasteiger partial charge on any atom is 0.145 e. The fourth-order valence-corrected chi connectivity index (χ4v) is 2.62. The second-order valence-electron chi connectivity index (χ2n) is 8.96. The number of nitrogens with two attached hydrogens (primary N) is 1. The van der Waals surface area contributed by atoms with E-state index in [9.17, 15) is 32.3 Å². The van der Waals surface area contributed by atoms with Gasteiger partial charge in [-0.2, -0.15) is 0 Å². The Morgan fingerprint density at radius 2 is 1.17 bits per heavy atom. The van der Waals surface area contributed by atoms with E-state index >= 15 is 0 Å². The monoisotopic (exact) mass is 1090 g/mol. The molecule has 3 radical (unpaired) electrons. The van der Waals surface area contributed by atoms with Crippen LogP contribution >= 0.6 is 0 Å². The fraction of sp³-hybridized carbons (Fsp3) is 0.212. The minimum Gasteiger partial charge on any atom is -0.436 e. The van der Waals surface area contributed by atoms with Crippen molar-refractivity contribution < 1.29 is 171 Å². The molecule has 0 unspecified atom stereocenters. The zero-order chi connectivity index (χ0) is 32.6. The first kappa shape index (κ1) is 58.8. The van der Waals surface area contributed by atoms with E-state index in [-0.39, 0.29) is 191 Å². The molecule has 3 aromatic carbocycles. The van der Waals surface area contributed by atoms with Crippen molar-refractivity contribution in [3.05, 3.63) is 118 Å². The molecule has 0 heterocycles. The molecule has 0 saturated heterocycles. The van der Waals surface area contributed by atoms with E-state index in [2.05, 4.69) is 25.1 Å². The molecule has 0 aromatic heterocycles. The standard InChI is InChI=1S/C11H11FNO.C11H10FO2.C8H5FN.C3H5O.W.3Y.Zn/c1-7-3-4-9(6-10(7)12)11(13)5-8(2)14;1-7-3-4-9(6-10(7)12)11(14)5-8(2)13;1-6-2-3-7(5-10)4-8(6)9;1-3(2)4;;;;;/h3,5-6H,13H2,1-2H3;3,6H,5H2,1-2H3;2,4H,1H3;1H2,2H3;;;;;/q4*-1;;;;;/b11-5-;;;;;;;;. The van der Waals surface area contributed by atoms with Crippen molar-refractivity contribution in [1.29, 1.82) is 5.26 Å². The number of hydrogen-bond acceptors (Lipinski definition) is 6. The zero-order valence-corrected chi connectivity index (χ0v) is 41.5. The number of nitriles is 1. The maximum atomic E-state index is 13.1. The quantitative estimate of drug-likeness (QED) is 0.108. The summed E-state index contributed by atoms with van der Waals surface area (Å²) in [5, 5.41) is 8.31. The molecular formula is C33H31F3N2O4WY3Zn-4. The van der Waals surface area contributed by atoms with Crippen LogP contribution < -0.4 is 5.73 Å². The Kier molecular flexibility index (Phi) is 39.6. The second kappa shape index (κ2) is 31.6. The van der Waals surface area contributed by atoms with Crippen LogP contribution in [0.5, 0.6) is 0 Å². The number of allylic oxidation sites excluding steroid dienone is 1. The van der Waals surface area contributed by atoms with E-state index in [1.165, 1.54) is 57.2 Å². The first-order valence-corrected chi connectivity index (χ1v) is 12.2. The third kappa shape index (κ3) is 27.1. The van der Waals surface area contributed by atoms with E-state index in [1.807, 2.05) is 0 Å². The minimum atomic E-state index is -0.448. The SMILES string of the molecule is CC(=O)/C=C(\N)c1[c-]cc(C)c(F)c1.CC(=O)CC(=O)c1[c-]cc(C)c(F)c1.Cc1c[c-]c(C#N)cc1F.[CH2-]C(C)=O.[W].[Y].[Y].[Y].[Zn]. The van der Waals surface area contributed by atoms with Gasteiger partial charge in [0.05, 0.1) is 5.78 Å². The predicted octanol–water partition coefficient (Wildman–Crippen LogP) is 6.12. The number of hydrogen-bond donors (Lipinski definition) is 1. The average Bonchev–Trinajstić information content (AvgIpc) is 2.88. The van der Waals surface area contributed by atoms with Gasteiger partial charge in [0.15, 0.2) is 0 Å². The predicted molar refractivity (Wildman–Crippen MR) is 153 cm³/mol. The van der Waals surface area contributed by atoms with Crippen molar-refractivity contribution in [2.24, 2.45) is 5.73 Å². The first-order chi connectivity index (χ1) is 19.5. The van der Waals surface area contributed by atoms with Crippen LogP contribution in [0.25, 0.3) is 5.70 Å². The summed E-state index contributed by atoms with van der Waals surface area (Å²) in [5.74, 6) is -2.03. The number of rotatable bonds is 5. The van der Waals surface area contributed by atoms with E-state index < -0.39 is 11.6 Å². The third-order valence-electron chi connectivity index (χ3n) is 4.78. The van der Waals surface area contributed by atoms with Gasteiger partial charge in [0.1, 0.15) is 11.6 Å². The van der Waals surface area contributed by atoms with Crippen molar-refractivity contribution in [3.63, 3.8) is 0 Å². The maximum absolute atomic E-state index is 13.1. The molecule has 0 aliphatic carbocycles. The topological polar surface area (TPSA) is 118 Å². The van der Waals surface area contributed by atoms with Gasteiger partial charge >= 0.3 is 0 Å². The summed E-state index contributed by atoms with van der Waals surface area (Å²) >= 11 is 0. The molecule has 0 atom stereocenters. The Balaban J connectivity index is -0.000000122. The van der Waals surface area contributed by atoms with Gasteiger partial charge in [-0.05, 0) is 44.4 Å². The number of carbonyl (C=O) groups is 4. The largest absolute Gasteiger partial charge is 0.436 e. The summed E-state index contributed by atoms with van der Waals surface area (Å²) in [6.45, 7) is 12.0. The molecule has 3 rings (SSSR count). The molecule has 14 heteroatoms. The Hall–Kier alpha value is -0.347. The minimum absolute atomic E-state index is 0. The zero-order valence-electron chi connectivity index (χ0n) is 27.1. The van der Waals surface area contributed by atoms with Crippen molar-refractivity contribution in [1.82, 2.24) is 0 Å². The van der Waals surface area contributed by atoms with Crippen LogP contribution in [0, 0.1) is 74.7 Å². The molecule has 0 bridgehead atoms. The Bertz CT molecular complexity index is 1530. The third-order valence-corrected chi connectivity index (χ3v) is 4.78. The number of aryl methyl sites for hydroxylation is 3. The molecule has 239 valence electrons. The van der Waals surface area contributed by atoms with E-state index in [0.29, 0.717) is 22.3 Å². The molecule has 0 saturated carbocycles. The summed E-state index contributed by atoms with van der Waals surface area (Å²) in [6, 6.07) is 17.8. The molecule has 2 N–H and O–H groups in total. The molecule has 6 nitrogen and oxygen atoms in total. The second-order valence-corrected chi connectivity index (χ2v) is 8.96. The number of nitrogens with zero attached hydrogens (tertiary/aromatic N) is 1. The number of carbonyl (C=O) groups excluding carboxylic acids is 4. The first-order valence-electron chi connectivity index (χ1n) is 12.2. The number of halogens is 3. The van der Waals surface area contributed by atoms with E-state index in [1.54, 1.807) is 26.8 Å². The van der Waals surface area contributed by atoms with E-state index in [0.717, 1.165) is 6.07 Å². The van der Waals surface area contributed by atoms with Gasteiger partial charge in [0, 0.05) is 163 Å². The van der Waals surface area contributed by atoms with Gasteiger partial charge in [-0.3, -0.25) is 10.1 Å². The van der Waals surface area contributed by atoms with Gasteiger partial charge in [0.25, 0.3) is 0 Å². The van der Waals surface area contributed by atoms with Gasteiger partial charge in [-0.15, -0.1) is 59.7 Å². The molecule has 0 aliphatic rings. The molecule has 0 fully saturated rings. The van der Waals surface area contributed by atoms with Crippen molar-refractivity contribution in [2.45, 2.75) is 48.0 Å². The normalized spacial score (nSPS) is 8.81. The fourth-order valence-electron chi connectivity index (χ4n) is 2.62. The number of ketones is 4. The molecule has 0 aliphatic heterocycles. The number of Topliss-reactive ketones (excluding diaryl/α,β-unsaturated/α-hetero) is 3. The van der Waals surface area contributed by atoms with Crippen LogP contribution in [-0.2, 0) is 153 Å². The van der Waals surface area contributed by atoms with Gasteiger partial charge in [-0.25, -0.2) is 13.2 Å². The smallest absolute Gasteiger partial charge is 0.145 e. The summed E-state index contributed by atoms with van der Waals surface area (Å²) in [7, 11) is 0. The molecule has 0 amide bonds. The van der Waals surface area contributed by atoms with E-state index in [4.69, 9.17) is 11.0 Å². The summed E-state index contributed by atoms with van der Waals surface area (Å²) < 4.78 is 38.7. The van der Waals surface area contributed by atoms with Crippen LogP contribution in [0.3, 0.4) is 0 Å². The number of benzene rings is 3.